The summed E-state index contributed by atoms with van der Waals surface area (Å²) in [6, 6.07) is 2.18. The van der Waals surface area contributed by atoms with Crippen LogP contribution in [0.5, 0.6) is 0 Å². The van der Waals surface area contributed by atoms with E-state index in [2.05, 4.69) is 21.2 Å². The fourth-order valence-electron chi connectivity index (χ4n) is 0.930. The quantitative estimate of drug-likeness (QED) is 0.673. The largest absolute Gasteiger partial charge is 0.324 e. The summed E-state index contributed by atoms with van der Waals surface area (Å²) < 4.78 is 38.1. The van der Waals surface area contributed by atoms with Gasteiger partial charge < -0.3 is 5.32 Å². The van der Waals surface area contributed by atoms with Gasteiger partial charge in [0.25, 0.3) is 0 Å². The molecule has 3 nitrogen and oxygen atoms in total. The van der Waals surface area contributed by atoms with Crippen molar-refractivity contribution in [1.29, 1.82) is 5.26 Å². The topological polar surface area (TPSA) is 52.9 Å². The van der Waals surface area contributed by atoms with Crippen LogP contribution in [0.2, 0.25) is 0 Å². The normalized spacial score (nSPS) is 9.69. The van der Waals surface area contributed by atoms with Crippen LogP contribution in [0.3, 0.4) is 0 Å². The van der Waals surface area contributed by atoms with Gasteiger partial charge in [0.05, 0.1) is 16.2 Å². The molecule has 0 aromatic heterocycles. The third kappa shape index (κ3) is 2.52. The van der Waals surface area contributed by atoms with E-state index in [1.807, 2.05) is 0 Å². The molecule has 0 fully saturated rings. The van der Waals surface area contributed by atoms with E-state index in [-0.39, 0.29) is 5.69 Å². The predicted molar refractivity (Wildman–Crippen MR) is 52.9 cm³/mol. The van der Waals surface area contributed by atoms with Crippen LogP contribution in [0.25, 0.3) is 0 Å². The number of nitriles is 1. The lowest BCUT2D eigenvalue weighted by molar-refractivity contribution is -0.115. The highest BCUT2D eigenvalue weighted by atomic mass is 79.9. The van der Waals surface area contributed by atoms with Gasteiger partial charge in [0.1, 0.15) is 6.42 Å². The van der Waals surface area contributed by atoms with Gasteiger partial charge in [-0.1, -0.05) is 0 Å². The molecule has 0 aliphatic rings. The van der Waals surface area contributed by atoms with Gasteiger partial charge in [0.2, 0.25) is 5.91 Å². The van der Waals surface area contributed by atoms with Crippen LogP contribution < -0.4 is 5.32 Å². The minimum Gasteiger partial charge on any atom is -0.324 e. The molecule has 7 heteroatoms. The lowest BCUT2D eigenvalue weighted by Crippen LogP contribution is -2.12. The van der Waals surface area contributed by atoms with Crippen molar-refractivity contribution >= 4 is 27.5 Å². The first-order valence-electron chi connectivity index (χ1n) is 3.97. The molecule has 1 aromatic rings. The molecule has 0 saturated carbocycles. The number of hydrogen-bond donors (Lipinski definition) is 1. The molecule has 1 N–H and O–H groups in total. The summed E-state index contributed by atoms with van der Waals surface area (Å²) in [5.74, 6) is -5.24. The highest BCUT2D eigenvalue weighted by Crippen LogP contribution is 2.29. The Bertz CT molecular complexity index is 485. The fraction of sp³-hybridized carbons (Fsp3) is 0.111. The molecule has 1 amide bonds. The lowest BCUT2D eigenvalue weighted by Gasteiger charge is -2.07. The van der Waals surface area contributed by atoms with E-state index in [1.54, 1.807) is 6.07 Å². The number of halogens is 4. The van der Waals surface area contributed by atoms with E-state index in [0.717, 1.165) is 0 Å². The van der Waals surface area contributed by atoms with Crippen LogP contribution in [-0.4, -0.2) is 5.91 Å². The number of benzene rings is 1. The van der Waals surface area contributed by atoms with E-state index in [9.17, 15) is 18.0 Å². The lowest BCUT2D eigenvalue weighted by atomic mass is 10.2. The van der Waals surface area contributed by atoms with Crippen LogP contribution in [0, 0.1) is 28.8 Å². The summed E-state index contributed by atoms with van der Waals surface area (Å²) in [5, 5.41) is 10.3. The minimum absolute atomic E-state index is 0.267. The first-order valence-corrected chi connectivity index (χ1v) is 4.76. The fourth-order valence-corrected chi connectivity index (χ4v) is 1.32. The van der Waals surface area contributed by atoms with E-state index in [1.165, 1.54) is 0 Å². The predicted octanol–water partition coefficient (Wildman–Crippen LogP) is 2.72. The van der Waals surface area contributed by atoms with Gasteiger partial charge in [0.15, 0.2) is 17.5 Å². The average Bonchev–Trinajstić information content (AvgIpc) is 2.23. The Balaban J connectivity index is 3.07. The molecule has 1 aromatic carbocycles. The zero-order chi connectivity index (χ0) is 12.3. The second-order valence-electron chi connectivity index (χ2n) is 2.73. The maximum absolute atomic E-state index is 13.0. The van der Waals surface area contributed by atoms with Crippen molar-refractivity contribution in [3.63, 3.8) is 0 Å². The molecule has 0 aliphatic heterocycles. The number of rotatable bonds is 2. The van der Waals surface area contributed by atoms with Gasteiger partial charge in [0, 0.05) is 6.07 Å². The molecule has 0 spiro atoms. The maximum Gasteiger partial charge on any atom is 0.238 e. The molecular formula is C9H4BrF3N2O. The number of hydrogen-bond acceptors (Lipinski definition) is 2. The average molecular weight is 293 g/mol. The van der Waals surface area contributed by atoms with Crippen LogP contribution in [0.15, 0.2) is 10.5 Å². The molecule has 0 saturated heterocycles. The second kappa shape index (κ2) is 4.99. The number of nitrogens with one attached hydrogen (secondary N) is 1. The second-order valence-corrected chi connectivity index (χ2v) is 3.52. The number of carbonyl (C=O) groups excluding carboxylic acids is 1. The smallest absolute Gasteiger partial charge is 0.238 e. The first kappa shape index (κ1) is 12.5. The van der Waals surface area contributed by atoms with Crippen molar-refractivity contribution in [3.05, 3.63) is 28.0 Å². The molecule has 0 bridgehead atoms. The summed E-state index contributed by atoms with van der Waals surface area (Å²) >= 11 is 2.67. The third-order valence-electron chi connectivity index (χ3n) is 1.62. The van der Waals surface area contributed by atoms with Crippen LogP contribution >= 0.6 is 15.9 Å². The van der Waals surface area contributed by atoms with E-state index in [4.69, 9.17) is 5.26 Å². The summed E-state index contributed by atoms with van der Waals surface area (Å²) in [4.78, 5) is 11.0. The summed E-state index contributed by atoms with van der Waals surface area (Å²) in [7, 11) is 0. The Labute approximate surface area is 97.0 Å². The molecule has 0 aliphatic carbocycles. The van der Waals surface area contributed by atoms with Crippen molar-refractivity contribution in [1.82, 2.24) is 0 Å². The standard InChI is InChI=1S/C9H4BrF3N2O/c10-7-5(15-6(16)1-2-14)3-4(11)8(12)9(7)13/h3H,1H2,(H,15,16). The zero-order valence-electron chi connectivity index (χ0n) is 7.65. The summed E-state index contributed by atoms with van der Waals surface area (Å²) in [6.07, 6.45) is -0.465. The molecule has 84 valence electrons. The third-order valence-corrected chi connectivity index (χ3v) is 2.39. The molecule has 0 atom stereocenters. The number of nitrogens with zero attached hydrogens (tertiary/aromatic N) is 1. The van der Waals surface area contributed by atoms with Gasteiger partial charge >= 0.3 is 0 Å². The number of carbonyl (C=O) groups is 1. The van der Waals surface area contributed by atoms with Crippen molar-refractivity contribution < 1.29 is 18.0 Å². The Morgan fingerprint density at radius 1 is 1.44 bits per heavy atom. The van der Waals surface area contributed by atoms with E-state index < -0.39 is 34.3 Å². The highest BCUT2D eigenvalue weighted by Gasteiger charge is 2.17. The van der Waals surface area contributed by atoms with Crippen LogP contribution in [-0.2, 0) is 4.79 Å². The van der Waals surface area contributed by atoms with Gasteiger partial charge in [-0.05, 0) is 15.9 Å². The Morgan fingerprint density at radius 3 is 2.62 bits per heavy atom. The van der Waals surface area contributed by atoms with Gasteiger partial charge in [-0.25, -0.2) is 13.2 Å². The molecule has 0 radical (unpaired) electrons. The van der Waals surface area contributed by atoms with Crippen molar-refractivity contribution in [2.45, 2.75) is 6.42 Å². The highest BCUT2D eigenvalue weighted by molar-refractivity contribution is 9.10. The van der Waals surface area contributed by atoms with Crippen molar-refractivity contribution in [3.8, 4) is 6.07 Å². The van der Waals surface area contributed by atoms with E-state index in [0.29, 0.717) is 6.07 Å². The number of amides is 1. The van der Waals surface area contributed by atoms with E-state index >= 15 is 0 Å². The van der Waals surface area contributed by atoms with Crippen LogP contribution in [0.4, 0.5) is 18.9 Å². The van der Waals surface area contributed by atoms with Gasteiger partial charge in [-0.3, -0.25) is 4.79 Å². The Morgan fingerprint density at radius 2 is 2.06 bits per heavy atom. The molecule has 0 unspecified atom stereocenters. The summed E-state index contributed by atoms with van der Waals surface area (Å²) in [6.45, 7) is 0. The molecular weight excluding hydrogens is 289 g/mol. The number of anilines is 1. The monoisotopic (exact) mass is 292 g/mol. The Hall–Kier alpha value is -1.55. The maximum atomic E-state index is 13.0. The minimum atomic E-state index is -1.63. The first-order chi connectivity index (χ1) is 7.47. The van der Waals surface area contributed by atoms with Gasteiger partial charge in [-0.15, -0.1) is 0 Å². The Kier molecular flexibility index (Phi) is 3.90. The SMILES string of the molecule is N#CCC(=O)Nc1cc(F)c(F)c(F)c1Br. The zero-order valence-corrected chi connectivity index (χ0v) is 9.24. The van der Waals surface area contributed by atoms with Crippen molar-refractivity contribution in [2.24, 2.45) is 0 Å². The molecule has 16 heavy (non-hydrogen) atoms. The van der Waals surface area contributed by atoms with Gasteiger partial charge in [-0.2, -0.15) is 5.26 Å². The molecule has 1 rings (SSSR count). The molecule has 0 heterocycles. The van der Waals surface area contributed by atoms with Crippen molar-refractivity contribution in [2.75, 3.05) is 5.32 Å². The summed E-state index contributed by atoms with van der Waals surface area (Å²) in [5.41, 5.74) is -0.267. The van der Waals surface area contributed by atoms with Crippen LogP contribution in [0.1, 0.15) is 6.42 Å².